The lowest BCUT2D eigenvalue weighted by atomic mass is 10.2. The van der Waals surface area contributed by atoms with E-state index in [-0.39, 0.29) is 0 Å². The molecular weight excluding hydrogens is 312 g/mol. The van der Waals surface area contributed by atoms with Gasteiger partial charge in [-0.15, -0.1) is 0 Å². The van der Waals surface area contributed by atoms with E-state index < -0.39 is 0 Å². The summed E-state index contributed by atoms with van der Waals surface area (Å²) in [5.41, 5.74) is 4.07. The summed E-state index contributed by atoms with van der Waals surface area (Å²) in [6.45, 7) is 0. The molecule has 3 heterocycles. The van der Waals surface area contributed by atoms with Crippen LogP contribution in [0.4, 0.5) is 0 Å². The molecule has 5 heteroatoms. The van der Waals surface area contributed by atoms with E-state index in [0.717, 1.165) is 47.1 Å². The Morgan fingerprint density at radius 1 is 0.680 bits per heavy atom. The van der Waals surface area contributed by atoms with Crippen molar-refractivity contribution in [3.05, 3.63) is 84.4 Å². The quantitative estimate of drug-likeness (QED) is 0.491. The normalized spacial score (nSPS) is 12.8. The first-order chi connectivity index (χ1) is 12.3. The highest BCUT2D eigenvalue weighted by Gasteiger charge is 2.08. The number of ether oxygens (including phenoxy) is 1. The van der Waals surface area contributed by atoms with Crippen molar-refractivity contribution in [1.82, 2.24) is 19.6 Å². The van der Waals surface area contributed by atoms with Crippen molar-refractivity contribution in [2.45, 2.75) is 12.8 Å². The van der Waals surface area contributed by atoms with Crippen LogP contribution in [0.25, 0.3) is 11.4 Å². The molecule has 0 spiro atoms. The van der Waals surface area contributed by atoms with E-state index in [9.17, 15) is 0 Å². The molecule has 0 atom stereocenters. The van der Waals surface area contributed by atoms with Crippen LogP contribution in [-0.2, 0) is 12.8 Å². The van der Waals surface area contributed by atoms with Gasteiger partial charge in [0.15, 0.2) is 0 Å². The van der Waals surface area contributed by atoms with Gasteiger partial charge in [-0.1, -0.05) is 12.1 Å². The minimum absolute atomic E-state index is 0.780. The van der Waals surface area contributed by atoms with Crippen molar-refractivity contribution >= 4 is 0 Å². The Morgan fingerprint density at radius 2 is 1.20 bits per heavy atom. The third-order valence-corrected chi connectivity index (χ3v) is 4.33. The minimum Gasteiger partial charge on any atom is -0.457 e. The Kier molecular flexibility index (Phi) is 3.16. The third kappa shape index (κ3) is 2.70. The van der Waals surface area contributed by atoms with Crippen LogP contribution >= 0.6 is 0 Å². The lowest BCUT2D eigenvalue weighted by Gasteiger charge is -2.09. The van der Waals surface area contributed by atoms with Gasteiger partial charge in [-0.2, -0.15) is 10.2 Å². The molecule has 122 valence electrons. The van der Waals surface area contributed by atoms with Gasteiger partial charge >= 0.3 is 0 Å². The number of aryl methyl sites for hydroxylation is 2. The van der Waals surface area contributed by atoms with E-state index >= 15 is 0 Å². The van der Waals surface area contributed by atoms with Gasteiger partial charge in [0.2, 0.25) is 0 Å². The average Bonchev–Trinajstić information content (AvgIpc) is 3.29. The van der Waals surface area contributed by atoms with Gasteiger partial charge in [0, 0.05) is 24.5 Å². The van der Waals surface area contributed by atoms with Gasteiger partial charge in [-0.25, -0.2) is 9.36 Å². The molecule has 0 N–H and O–H groups in total. The zero-order chi connectivity index (χ0) is 16.6. The molecule has 0 unspecified atom stereocenters. The predicted molar refractivity (Wildman–Crippen MR) is 94.6 cm³/mol. The second-order valence-corrected chi connectivity index (χ2v) is 6.10. The van der Waals surface area contributed by atoms with Crippen LogP contribution in [0.2, 0.25) is 0 Å². The van der Waals surface area contributed by atoms with Gasteiger partial charge in [0.05, 0.1) is 22.8 Å². The summed E-state index contributed by atoms with van der Waals surface area (Å²) in [4.78, 5) is 0. The molecule has 25 heavy (non-hydrogen) atoms. The monoisotopic (exact) mass is 328 g/mol. The number of aromatic nitrogens is 4. The number of fused-ring (bicyclic) bond motifs is 10. The minimum atomic E-state index is 0.780. The Labute approximate surface area is 145 Å². The van der Waals surface area contributed by atoms with E-state index in [1.165, 1.54) is 0 Å². The zero-order valence-electron chi connectivity index (χ0n) is 13.5. The second kappa shape index (κ2) is 5.63. The lowest BCUT2D eigenvalue weighted by Crippen LogP contribution is -1.99. The molecule has 0 amide bonds. The van der Waals surface area contributed by atoms with Crippen molar-refractivity contribution in [3.8, 4) is 22.9 Å². The highest BCUT2D eigenvalue weighted by Crippen LogP contribution is 2.25. The molecule has 0 saturated heterocycles. The Hall–Kier alpha value is -3.34. The second-order valence-electron chi connectivity index (χ2n) is 6.10. The molecule has 0 saturated carbocycles. The average molecular weight is 328 g/mol. The van der Waals surface area contributed by atoms with Crippen LogP contribution in [-0.4, -0.2) is 19.6 Å². The molecule has 2 aromatic carbocycles. The maximum Gasteiger partial charge on any atom is 0.129 e. The van der Waals surface area contributed by atoms with Gasteiger partial charge in [-0.3, -0.25) is 0 Å². The van der Waals surface area contributed by atoms with Crippen LogP contribution in [0.1, 0.15) is 11.4 Å². The molecule has 5 nitrogen and oxygen atoms in total. The van der Waals surface area contributed by atoms with Crippen molar-refractivity contribution in [3.63, 3.8) is 0 Å². The number of hydrogen-bond donors (Lipinski definition) is 0. The lowest BCUT2D eigenvalue weighted by molar-refractivity contribution is 0.481. The van der Waals surface area contributed by atoms with E-state index in [0.29, 0.717) is 0 Å². The van der Waals surface area contributed by atoms with E-state index in [4.69, 9.17) is 4.74 Å². The molecular formula is C20H16N4O. The van der Waals surface area contributed by atoms with Crippen LogP contribution in [0.15, 0.2) is 73.1 Å². The van der Waals surface area contributed by atoms with Crippen LogP contribution in [0.5, 0.6) is 11.5 Å². The predicted octanol–water partition coefficient (Wildman–Crippen LogP) is 3.95. The third-order valence-electron chi connectivity index (χ3n) is 4.33. The summed E-state index contributed by atoms with van der Waals surface area (Å²) in [5.74, 6) is 1.56. The maximum absolute atomic E-state index is 6.05. The molecule has 5 rings (SSSR count). The fourth-order valence-corrected chi connectivity index (χ4v) is 3.05. The summed E-state index contributed by atoms with van der Waals surface area (Å²) < 4.78 is 9.82. The zero-order valence-corrected chi connectivity index (χ0v) is 13.5. The fraction of sp³-hybridized carbons (Fsp3) is 0.100. The van der Waals surface area contributed by atoms with Crippen molar-refractivity contribution < 1.29 is 4.74 Å². The van der Waals surface area contributed by atoms with Crippen molar-refractivity contribution in [2.24, 2.45) is 0 Å². The molecule has 0 aliphatic carbocycles. The van der Waals surface area contributed by atoms with Crippen molar-refractivity contribution in [1.29, 1.82) is 0 Å². The van der Waals surface area contributed by atoms with Gasteiger partial charge < -0.3 is 4.74 Å². The molecule has 0 radical (unpaired) electrons. The van der Waals surface area contributed by atoms with Crippen LogP contribution < -0.4 is 4.74 Å². The highest BCUT2D eigenvalue weighted by molar-refractivity contribution is 5.44. The Balaban J connectivity index is 1.64. The standard InChI is InChI=1S/C20H16N4O/c1-3-17-13-19(5-1)25-20-6-2-4-18(14-20)24-12-10-16(22-24)8-7-15-9-11-23(17)21-15/h1-6,9-14H,7-8H2. The van der Waals surface area contributed by atoms with E-state index in [2.05, 4.69) is 22.3 Å². The molecule has 1 aliphatic heterocycles. The first-order valence-electron chi connectivity index (χ1n) is 8.31. The summed E-state index contributed by atoms with van der Waals surface area (Å²) in [6, 6.07) is 20.0. The van der Waals surface area contributed by atoms with E-state index in [1.807, 2.05) is 70.3 Å². The van der Waals surface area contributed by atoms with Crippen LogP contribution in [0.3, 0.4) is 0 Å². The number of benzene rings is 2. The number of rotatable bonds is 0. The fourth-order valence-electron chi connectivity index (χ4n) is 3.05. The smallest absolute Gasteiger partial charge is 0.129 e. The summed E-state index contributed by atoms with van der Waals surface area (Å²) in [6.07, 6.45) is 5.69. The first kappa shape index (κ1) is 14.0. The molecule has 1 aliphatic rings. The summed E-state index contributed by atoms with van der Waals surface area (Å²) in [5, 5.41) is 9.34. The summed E-state index contributed by atoms with van der Waals surface area (Å²) >= 11 is 0. The van der Waals surface area contributed by atoms with Crippen LogP contribution in [0, 0.1) is 0 Å². The van der Waals surface area contributed by atoms with Crippen molar-refractivity contribution in [2.75, 3.05) is 0 Å². The largest absolute Gasteiger partial charge is 0.457 e. The topological polar surface area (TPSA) is 44.9 Å². The van der Waals surface area contributed by atoms with Gasteiger partial charge in [0.1, 0.15) is 11.5 Å². The first-order valence-corrected chi connectivity index (χ1v) is 8.31. The SMILES string of the molecule is c1cc2cc(c1)-n1ccc(n1)CCc1ccn(n1)-c1cccc(c1)O2. The maximum atomic E-state index is 6.05. The molecule has 2 aromatic heterocycles. The highest BCUT2D eigenvalue weighted by atomic mass is 16.5. The Morgan fingerprint density at radius 3 is 1.72 bits per heavy atom. The molecule has 8 bridgehead atoms. The number of nitrogens with zero attached hydrogens (tertiary/aromatic N) is 4. The summed E-state index contributed by atoms with van der Waals surface area (Å²) in [7, 11) is 0. The number of hydrogen-bond acceptors (Lipinski definition) is 3. The Bertz CT molecular complexity index is 963. The van der Waals surface area contributed by atoms with Gasteiger partial charge in [0.25, 0.3) is 0 Å². The molecule has 4 aromatic rings. The van der Waals surface area contributed by atoms with E-state index in [1.54, 1.807) is 0 Å². The van der Waals surface area contributed by atoms with Gasteiger partial charge in [-0.05, 0) is 49.2 Å². The molecule has 0 fully saturated rings.